The molecule has 6 rings (SSSR count). The molecule has 2 aliphatic heterocycles. The smallest absolute Gasteiger partial charge is 0.180 e. The predicted molar refractivity (Wildman–Crippen MR) is 113 cm³/mol. The van der Waals surface area contributed by atoms with Gasteiger partial charge in [-0.05, 0) is 49.4 Å². The number of hydrogen-bond donors (Lipinski definition) is 2. The van der Waals surface area contributed by atoms with E-state index in [1.54, 1.807) is 16.9 Å². The first kappa shape index (κ1) is 17.6. The molecule has 2 bridgehead atoms. The van der Waals surface area contributed by atoms with Gasteiger partial charge in [-0.15, -0.1) is 10.2 Å². The van der Waals surface area contributed by atoms with Gasteiger partial charge >= 0.3 is 0 Å². The van der Waals surface area contributed by atoms with E-state index < -0.39 is 0 Å². The van der Waals surface area contributed by atoms with Crippen LogP contribution < -0.4 is 5.32 Å². The minimum Gasteiger partial charge on any atom is -0.507 e. The van der Waals surface area contributed by atoms with E-state index in [9.17, 15) is 5.11 Å². The van der Waals surface area contributed by atoms with E-state index in [4.69, 9.17) is 0 Å². The first-order valence-corrected chi connectivity index (χ1v) is 10.4. The summed E-state index contributed by atoms with van der Waals surface area (Å²) in [5.74, 6) is 0.173. The molecule has 1 aromatic carbocycles. The van der Waals surface area contributed by atoms with Crippen LogP contribution in [0.15, 0.2) is 42.9 Å². The summed E-state index contributed by atoms with van der Waals surface area (Å²) in [6.45, 7) is 0. The zero-order valence-electron chi connectivity index (χ0n) is 16.7. The van der Waals surface area contributed by atoms with Crippen LogP contribution in [0.5, 0.6) is 5.75 Å². The van der Waals surface area contributed by atoms with E-state index >= 15 is 0 Å². The Hall–Kier alpha value is -3.26. The van der Waals surface area contributed by atoms with Gasteiger partial charge in [-0.25, -0.2) is 4.68 Å². The lowest BCUT2D eigenvalue weighted by Gasteiger charge is -2.29. The van der Waals surface area contributed by atoms with E-state index in [2.05, 4.69) is 25.7 Å². The molecule has 2 unspecified atom stereocenters. The summed E-state index contributed by atoms with van der Waals surface area (Å²) in [6, 6.07) is 9.10. The van der Waals surface area contributed by atoms with E-state index in [-0.39, 0.29) is 5.75 Å². The molecule has 2 N–H and O–H groups in total. The third kappa shape index (κ3) is 2.87. The average Bonchev–Trinajstić information content (AvgIpc) is 3.45. The standard InChI is InChI=1S/C22H23N7O/c1-28-12-15(11-23-28)13-2-5-19(21(30)7-13)20-6-14-10-24-29(22(14)27-26-20)18-8-16-3-4-17(9-18)25-16/h2,5-7,10-12,16-18,25,30H,3-4,8-9H2,1H3. The first-order valence-electron chi connectivity index (χ1n) is 10.4. The maximum atomic E-state index is 10.6. The number of phenols is 1. The number of aromatic hydroxyl groups is 1. The predicted octanol–water partition coefficient (Wildman–Crippen LogP) is 3.05. The molecule has 30 heavy (non-hydrogen) atoms. The van der Waals surface area contributed by atoms with Gasteiger partial charge in [0.1, 0.15) is 5.75 Å². The van der Waals surface area contributed by atoms with Gasteiger partial charge in [0.15, 0.2) is 5.65 Å². The summed E-state index contributed by atoms with van der Waals surface area (Å²) >= 11 is 0. The molecule has 4 aromatic rings. The van der Waals surface area contributed by atoms with Crippen molar-refractivity contribution in [1.29, 1.82) is 0 Å². The highest BCUT2D eigenvalue weighted by atomic mass is 16.3. The van der Waals surface area contributed by atoms with Crippen LogP contribution in [-0.2, 0) is 7.05 Å². The summed E-state index contributed by atoms with van der Waals surface area (Å²) in [7, 11) is 1.87. The SMILES string of the molecule is Cn1cc(-c2ccc(-c3cc4cnn(C5CC6CCC(C5)N6)c4nn3)c(O)c2)cn1. The Kier molecular flexibility index (Phi) is 3.89. The Morgan fingerprint density at radius 3 is 2.57 bits per heavy atom. The highest BCUT2D eigenvalue weighted by Gasteiger charge is 2.35. The number of piperidine rings is 1. The van der Waals surface area contributed by atoms with Crippen LogP contribution >= 0.6 is 0 Å². The van der Waals surface area contributed by atoms with Crippen LogP contribution in [0.3, 0.4) is 0 Å². The van der Waals surface area contributed by atoms with Crippen molar-refractivity contribution in [3.8, 4) is 28.1 Å². The number of aromatic nitrogens is 6. The molecular formula is C22H23N7O. The number of rotatable bonds is 3. The van der Waals surface area contributed by atoms with Gasteiger partial charge in [-0.3, -0.25) is 4.68 Å². The van der Waals surface area contributed by atoms with Gasteiger partial charge in [-0.2, -0.15) is 10.2 Å². The minimum atomic E-state index is 0.173. The van der Waals surface area contributed by atoms with E-state index in [0.29, 0.717) is 29.4 Å². The molecule has 5 heterocycles. The number of phenolic OH excluding ortho intramolecular Hbond substituents is 1. The number of fused-ring (bicyclic) bond motifs is 3. The number of aryl methyl sites for hydroxylation is 1. The lowest BCUT2D eigenvalue weighted by molar-refractivity contribution is 0.286. The molecule has 8 heteroatoms. The largest absolute Gasteiger partial charge is 0.507 e. The molecule has 8 nitrogen and oxygen atoms in total. The summed E-state index contributed by atoms with van der Waals surface area (Å²) in [4.78, 5) is 0. The summed E-state index contributed by atoms with van der Waals surface area (Å²) in [6.07, 6.45) is 10.2. The van der Waals surface area contributed by atoms with Crippen molar-refractivity contribution in [2.24, 2.45) is 7.05 Å². The normalized spacial score (nSPS) is 23.3. The quantitative estimate of drug-likeness (QED) is 0.548. The second-order valence-electron chi connectivity index (χ2n) is 8.50. The van der Waals surface area contributed by atoms with Gasteiger partial charge in [0.25, 0.3) is 0 Å². The van der Waals surface area contributed by atoms with Crippen LogP contribution in [0, 0.1) is 0 Å². The third-order valence-electron chi connectivity index (χ3n) is 6.45. The molecule has 0 amide bonds. The molecule has 0 spiro atoms. The first-order chi connectivity index (χ1) is 14.6. The van der Waals surface area contributed by atoms with Crippen molar-refractivity contribution in [3.63, 3.8) is 0 Å². The Bertz CT molecular complexity index is 1230. The van der Waals surface area contributed by atoms with Gasteiger partial charge < -0.3 is 10.4 Å². The number of benzene rings is 1. The van der Waals surface area contributed by atoms with Crippen LogP contribution in [0.4, 0.5) is 0 Å². The van der Waals surface area contributed by atoms with Crippen LogP contribution in [0.2, 0.25) is 0 Å². The van der Waals surface area contributed by atoms with Gasteiger partial charge in [0, 0.05) is 41.8 Å². The van der Waals surface area contributed by atoms with E-state index in [1.807, 2.05) is 42.3 Å². The minimum absolute atomic E-state index is 0.173. The lowest BCUT2D eigenvalue weighted by atomic mass is 10.00. The van der Waals surface area contributed by atoms with Crippen molar-refractivity contribution in [3.05, 3.63) is 42.9 Å². The molecule has 0 radical (unpaired) electrons. The molecule has 152 valence electrons. The van der Waals surface area contributed by atoms with E-state index in [0.717, 1.165) is 35.0 Å². The van der Waals surface area contributed by atoms with Crippen molar-refractivity contribution < 1.29 is 5.11 Å². The van der Waals surface area contributed by atoms with E-state index in [1.165, 1.54) is 12.8 Å². The number of nitrogens with one attached hydrogen (secondary N) is 1. The maximum Gasteiger partial charge on any atom is 0.180 e. The molecule has 2 saturated heterocycles. The van der Waals surface area contributed by atoms with Crippen molar-refractivity contribution in [2.45, 2.75) is 43.8 Å². The zero-order valence-corrected chi connectivity index (χ0v) is 16.7. The topological polar surface area (TPSA) is 93.7 Å². The van der Waals surface area contributed by atoms with Gasteiger partial charge in [0.05, 0.1) is 24.1 Å². The molecule has 0 saturated carbocycles. The van der Waals surface area contributed by atoms with Crippen molar-refractivity contribution >= 4 is 11.0 Å². The summed E-state index contributed by atoms with van der Waals surface area (Å²) < 4.78 is 3.79. The second kappa shape index (κ2) is 6.63. The van der Waals surface area contributed by atoms with Gasteiger partial charge in [0.2, 0.25) is 0 Å². The molecule has 0 aliphatic carbocycles. The summed E-state index contributed by atoms with van der Waals surface area (Å²) in [5, 5.41) is 33.0. The average molecular weight is 401 g/mol. The molecule has 2 fully saturated rings. The van der Waals surface area contributed by atoms with Crippen LogP contribution in [-0.4, -0.2) is 46.9 Å². The number of hydrogen-bond acceptors (Lipinski definition) is 6. The molecule has 2 atom stereocenters. The second-order valence-corrected chi connectivity index (χ2v) is 8.50. The lowest BCUT2D eigenvalue weighted by Crippen LogP contribution is -2.39. The van der Waals surface area contributed by atoms with Crippen LogP contribution in [0.25, 0.3) is 33.4 Å². The van der Waals surface area contributed by atoms with Crippen LogP contribution in [0.1, 0.15) is 31.7 Å². The zero-order chi connectivity index (χ0) is 20.2. The Morgan fingerprint density at radius 2 is 1.83 bits per heavy atom. The third-order valence-corrected chi connectivity index (χ3v) is 6.45. The Morgan fingerprint density at radius 1 is 1.00 bits per heavy atom. The highest BCUT2D eigenvalue weighted by molar-refractivity contribution is 5.81. The fourth-order valence-electron chi connectivity index (χ4n) is 4.98. The monoisotopic (exact) mass is 401 g/mol. The highest BCUT2D eigenvalue weighted by Crippen LogP contribution is 2.36. The van der Waals surface area contributed by atoms with Gasteiger partial charge in [-0.1, -0.05) is 6.07 Å². The summed E-state index contributed by atoms with van der Waals surface area (Å²) in [5.41, 5.74) is 3.98. The van der Waals surface area contributed by atoms with Crippen molar-refractivity contribution in [1.82, 2.24) is 35.1 Å². The molecule has 3 aromatic heterocycles. The van der Waals surface area contributed by atoms with Crippen molar-refractivity contribution in [2.75, 3.05) is 0 Å². The Balaban J connectivity index is 1.33. The number of nitrogens with zero attached hydrogens (tertiary/aromatic N) is 6. The Labute approximate surface area is 173 Å². The molecular weight excluding hydrogens is 378 g/mol. The fraction of sp³-hybridized carbons (Fsp3) is 0.364. The maximum absolute atomic E-state index is 10.6. The fourth-order valence-corrected chi connectivity index (χ4v) is 4.98. The molecule has 2 aliphatic rings.